The number of nitrogens with one attached hydrogen (secondary N) is 1. The van der Waals surface area contributed by atoms with Gasteiger partial charge in [-0.15, -0.1) is 0 Å². The number of aliphatic hydroxyl groups is 1. The van der Waals surface area contributed by atoms with Gasteiger partial charge in [0.25, 0.3) is 5.91 Å². The third-order valence-electron chi connectivity index (χ3n) is 3.04. The van der Waals surface area contributed by atoms with Gasteiger partial charge in [0.05, 0.1) is 24.8 Å². The van der Waals surface area contributed by atoms with Crippen molar-refractivity contribution >= 4 is 11.6 Å². The first-order valence-electron chi connectivity index (χ1n) is 5.47. The summed E-state index contributed by atoms with van der Waals surface area (Å²) in [6.07, 6.45) is 1.61. The highest BCUT2D eigenvalue weighted by molar-refractivity contribution is 6.00. The van der Waals surface area contributed by atoms with Crippen molar-refractivity contribution in [2.45, 2.75) is 18.4 Å². The van der Waals surface area contributed by atoms with Crippen molar-refractivity contribution in [2.24, 2.45) is 0 Å². The molecule has 0 aromatic heterocycles. The Kier molecular flexibility index (Phi) is 2.93. The van der Waals surface area contributed by atoms with Gasteiger partial charge in [-0.25, -0.2) is 0 Å². The fourth-order valence-corrected chi connectivity index (χ4v) is 1.64. The van der Waals surface area contributed by atoms with Gasteiger partial charge in [0.2, 0.25) is 0 Å². The predicted molar refractivity (Wildman–Crippen MR) is 63.9 cm³/mol. The van der Waals surface area contributed by atoms with Crippen molar-refractivity contribution in [1.29, 1.82) is 0 Å². The molecule has 1 aromatic rings. The summed E-state index contributed by atoms with van der Waals surface area (Å²) in [5, 5.41) is 12.0. The smallest absolute Gasteiger partial charge is 0.254 e. The number of methoxy groups -OCH3 is 1. The van der Waals surface area contributed by atoms with E-state index in [1.807, 2.05) is 0 Å². The molecule has 1 aliphatic rings. The Morgan fingerprint density at radius 1 is 1.59 bits per heavy atom. The summed E-state index contributed by atoms with van der Waals surface area (Å²) in [4.78, 5) is 12.0. The lowest BCUT2D eigenvalue weighted by atomic mass is 10.1. The van der Waals surface area contributed by atoms with Crippen LogP contribution in [0.3, 0.4) is 0 Å². The summed E-state index contributed by atoms with van der Waals surface area (Å²) < 4.78 is 5.05. The summed E-state index contributed by atoms with van der Waals surface area (Å²) >= 11 is 0. The average molecular weight is 236 g/mol. The number of hydrogen-bond donors (Lipinski definition) is 3. The topological polar surface area (TPSA) is 84.6 Å². The number of anilines is 1. The molecule has 5 heteroatoms. The van der Waals surface area contributed by atoms with E-state index in [0.717, 1.165) is 12.8 Å². The molecule has 0 radical (unpaired) electrons. The number of amides is 1. The van der Waals surface area contributed by atoms with E-state index >= 15 is 0 Å². The van der Waals surface area contributed by atoms with Gasteiger partial charge in [-0.1, -0.05) is 0 Å². The second-order valence-corrected chi connectivity index (χ2v) is 4.35. The maximum absolute atomic E-state index is 12.0. The summed E-state index contributed by atoms with van der Waals surface area (Å²) in [7, 11) is 1.53. The molecule has 0 atom stereocenters. The van der Waals surface area contributed by atoms with Gasteiger partial charge in [0.15, 0.2) is 0 Å². The van der Waals surface area contributed by atoms with Gasteiger partial charge in [-0.2, -0.15) is 0 Å². The van der Waals surface area contributed by atoms with Crippen molar-refractivity contribution in [2.75, 3.05) is 19.5 Å². The Morgan fingerprint density at radius 3 is 2.82 bits per heavy atom. The molecule has 4 N–H and O–H groups in total. The standard InChI is InChI=1S/C12H16N2O3/c1-17-8-2-3-10(13)9(6-8)11(16)14-12(7-15)4-5-12/h2-3,6,15H,4-5,7,13H2,1H3,(H,14,16). The molecule has 1 aliphatic carbocycles. The molecule has 0 spiro atoms. The van der Waals surface area contributed by atoms with Gasteiger partial charge in [-0.3, -0.25) is 4.79 Å². The van der Waals surface area contributed by atoms with Crippen LogP contribution in [-0.4, -0.2) is 30.3 Å². The molecule has 0 unspecified atom stereocenters. The molecule has 1 amide bonds. The average Bonchev–Trinajstić information content (AvgIpc) is 3.10. The lowest BCUT2D eigenvalue weighted by molar-refractivity contribution is 0.0907. The number of ether oxygens (including phenoxy) is 1. The monoisotopic (exact) mass is 236 g/mol. The maximum atomic E-state index is 12.0. The van der Waals surface area contributed by atoms with E-state index in [9.17, 15) is 4.79 Å². The van der Waals surface area contributed by atoms with E-state index in [2.05, 4.69) is 5.32 Å². The van der Waals surface area contributed by atoms with Crippen LogP contribution in [0.4, 0.5) is 5.69 Å². The van der Waals surface area contributed by atoms with Crippen LogP contribution in [0, 0.1) is 0 Å². The molecule has 1 fully saturated rings. The second kappa shape index (κ2) is 4.25. The normalized spacial score (nSPS) is 16.4. The number of nitrogen functional groups attached to an aromatic ring is 1. The minimum atomic E-state index is -0.438. The molecule has 5 nitrogen and oxygen atoms in total. The Morgan fingerprint density at radius 2 is 2.29 bits per heavy atom. The van der Waals surface area contributed by atoms with Gasteiger partial charge in [0.1, 0.15) is 5.75 Å². The quantitative estimate of drug-likeness (QED) is 0.666. The highest BCUT2D eigenvalue weighted by Crippen LogP contribution is 2.35. The van der Waals surface area contributed by atoms with Crippen LogP contribution >= 0.6 is 0 Å². The van der Waals surface area contributed by atoms with Crippen molar-refractivity contribution in [3.05, 3.63) is 23.8 Å². The Bertz CT molecular complexity index is 441. The van der Waals surface area contributed by atoms with E-state index in [4.69, 9.17) is 15.6 Å². The number of hydrogen-bond acceptors (Lipinski definition) is 4. The van der Waals surface area contributed by atoms with Gasteiger partial charge in [-0.05, 0) is 31.0 Å². The van der Waals surface area contributed by atoms with Crippen molar-refractivity contribution in [3.8, 4) is 5.75 Å². The minimum Gasteiger partial charge on any atom is -0.497 e. The summed E-state index contributed by atoms with van der Waals surface area (Å²) in [6.45, 7) is -0.0391. The fourth-order valence-electron chi connectivity index (χ4n) is 1.64. The van der Waals surface area contributed by atoms with Crippen LogP contribution in [0.25, 0.3) is 0 Å². The number of aliphatic hydroxyl groups excluding tert-OH is 1. The summed E-state index contributed by atoms with van der Waals surface area (Å²) in [5.74, 6) is 0.311. The van der Waals surface area contributed by atoms with Crippen molar-refractivity contribution in [1.82, 2.24) is 5.32 Å². The predicted octanol–water partition coefficient (Wildman–Crippen LogP) is 0.532. The molecular formula is C12H16N2O3. The molecule has 0 aliphatic heterocycles. The zero-order valence-electron chi connectivity index (χ0n) is 9.69. The number of benzene rings is 1. The van der Waals surface area contributed by atoms with Crippen LogP contribution < -0.4 is 15.8 Å². The van der Waals surface area contributed by atoms with E-state index in [1.165, 1.54) is 7.11 Å². The SMILES string of the molecule is COc1ccc(N)c(C(=O)NC2(CO)CC2)c1. The van der Waals surface area contributed by atoms with E-state index in [1.54, 1.807) is 18.2 Å². The van der Waals surface area contributed by atoms with Crippen molar-refractivity contribution < 1.29 is 14.6 Å². The molecule has 2 rings (SSSR count). The minimum absolute atomic E-state index is 0.0391. The van der Waals surface area contributed by atoms with Crippen LogP contribution in [0.5, 0.6) is 5.75 Å². The molecule has 0 saturated heterocycles. The van der Waals surface area contributed by atoms with Crippen LogP contribution in [-0.2, 0) is 0 Å². The highest BCUT2D eigenvalue weighted by Gasteiger charge is 2.43. The number of carbonyl (C=O) groups is 1. The highest BCUT2D eigenvalue weighted by atomic mass is 16.5. The molecular weight excluding hydrogens is 220 g/mol. The largest absolute Gasteiger partial charge is 0.497 e. The molecule has 0 bridgehead atoms. The zero-order valence-corrected chi connectivity index (χ0v) is 9.69. The Balaban J connectivity index is 2.18. The zero-order chi connectivity index (χ0) is 12.5. The van der Waals surface area contributed by atoms with E-state index in [0.29, 0.717) is 17.0 Å². The van der Waals surface area contributed by atoms with Gasteiger partial charge >= 0.3 is 0 Å². The van der Waals surface area contributed by atoms with Crippen molar-refractivity contribution in [3.63, 3.8) is 0 Å². The fraction of sp³-hybridized carbons (Fsp3) is 0.417. The van der Waals surface area contributed by atoms with Crippen LogP contribution in [0.2, 0.25) is 0 Å². The number of rotatable bonds is 4. The van der Waals surface area contributed by atoms with Crippen LogP contribution in [0.1, 0.15) is 23.2 Å². The van der Waals surface area contributed by atoms with Gasteiger partial charge < -0.3 is 20.9 Å². The molecule has 1 saturated carbocycles. The first kappa shape index (κ1) is 11.7. The molecule has 17 heavy (non-hydrogen) atoms. The van der Waals surface area contributed by atoms with E-state index < -0.39 is 5.54 Å². The Hall–Kier alpha value is -1.75. The molecule has 92 valence electrons. The second-order valence-electron chi connectivity index (χ2n) is 4.35. The first-order chi connectivity index (χ1) is 8.10. The third kappa shape index (κ3) is 2.34. The number of carbonyl (C=O) groups excluding carboxylic acids is 1. The summed E-state index contributed by atoms with van der Waals surface area (Å²) in [6, 6.07) is 4.93. The maximum Gasteiger partial charge on any atom is 0.254 e. The summed E-state index contributed by atoms with van der Waals surface area (Å²) in [5.41, 5.74) is 6.09. The van der Waals surface area contributed by atoms with Crippen LogP contribution in [0.15, 0.2) is 18.2 Å². The van der Waals surface area contributed by atoms with Gasteiger partial charge in [0, 0.05) is 5.69 Å². The Labute approximate surface area is 99.6 Å². The number of nitrogens with two attached hydrogens (primary N) is 1. The first-order valence-corrected chi connectivity index (χ1v) is 5.47. The third-order valence-corrected chi connectivity index (χ3v) is 3.04. The molecule has 1 aromatic carbocycles. The molecule has 0 heterocycles. The lowest BCUT2D eigenvalue weighted by Gasteiger charge is -2.15. The lowest BCUT2D eigenvalue weighted by Crippen LogP contribution is -2.39. The van der Waals surface area contributed by atoms with E-state index in [-0.39, 0.29) is 12.5 Å².